The molecular weight excluding hydrogens is 460 g/mol. The molecule has 172 valence electrons. The number of sulfonamides is 1. The van der Waals surface area contributed by atoms with Crippen LogP contribution in [0.4, 0.5) is 14.5 Å². The number of halogens is 2. The molecule has 0 saturated heterocycles. The highest BCUT2D eigenvalue weighted by Crippen LogP contribution is 2.29. The maximum absolute atomic E-state index is 13.5. The second-order valence-corrected chi connectivity index (χ2v) is 8.20. The zero-order chi connectivity index (χ0) is 24.0. The molecule has 0 unspecified atom stereocenters. The Morgan fingerprint density at radius 1 is 1.03 bits per heavy atom. The van der Waals surface area contributed by atoms with Crippen molar-refractivity contribution in [1.29, 1.82) is 0 Å². The van der Waals surface area contributed by atoms with Crippen LogP contribution in [0.25, 0.3) is 0 Å². The van der Waals surface area contributed by atoms with Crippen LogP contribution in [0.3, 0.4) is 0 Å². The molecule has 0 radical (unpaired) electrons. The summed E-state index contributed by atoms with van der Waals surface area (Å²) in [5.74, 6) is -1.14. The number of rotatable bonds is 9. The van der Waals surface area contributed by atoms with E-state index in [1.54, 1.807) is 18.2 Å². The summed E-state index contributed by atoms with van der Waals surface area (Å²) in [5, 5.41) is 14.8. The zero-order valence-electron chi connectivity index (χ0n) is 17.1. The minimum atomic E-state index is -4.00. The summed E-state index contributed by atoms with van der Waals surface area (Å²) in [6.07, 6.45) is 1.22. The monoisotopic (exact) mass is 477 g/mol. The predicted octanol–water partition coefficient (Wildman–Crippen LogP) is 3.77. The first-order valence-electron chi connectivity index (χ1n) is 9.23. The van der Waals surface area contributed by atoms with Crippen LogP contribution < -0.4 is 14.3 Å². The van der Waals surface area contributed by atoms with Crippen molar-refractivity contribution in [3.8, 4) is 11.5 Å². The van der Waals surface area contributed by atoms with E-state index < -0.39 is 32.3 Å². The number of hydrogen-bond acceptors (Lipinski definition) is 7. The first kappa shape index (κ1) is 23.6. The van der Waals surface area contributed by atoms with E-state index in [4.69, 9.17) is 9.47 Å². The van der Waals surface area contributed by atoms with Crippen molar-refractivity contribution < 1.29 is 31.6 Å². The lowest BCUT2D eigenvalue weighted by atomic mass is 10.1. The highest BCUT2D eigenvalue weighted by atomic mass is 32.2. The van der Waals surface area contributed by atoms with Gasteiger partial charge >= 0.3 is 5.69 Å². The lowest BCUT2D eigenvalue weighted by Gasteiger charge is -2.11. The number of nitrogens with zero attached hydrogens (tertiary/aromatic N) is 2. The summed E-state index contributed by atoms with van der Waals surface area (Å²) >= 11 is 0. The van der Waals surface area contributed by atoms with E-state index in [1.807, 2.05) is 4.83 Å². The highest BCUT2D eigenvalue weighted by molar-refractivity contribution is 7.89. The van der Waals surface area contributed by atoms with E-state index in [-0.39, 0.29) is 17.3 Å². The molecule has 0 fully saturated rings. The van der Waals surface area contributed by atoms with Crippen LogP contribution in [0.5, 0.6) is 11.5 Å². The molecule has 0 saturated carbocycles. The van der Waals surface area contributed by atoms with Gasteiger partial charge in [-0.2, -0.15) is 13.5 Å². The van der Waals surface area contributed by atoms with Crippen molar-refractivity contribution in [1.82, 2.24) is 4.83 Å². The molecular formula is C21H17F2N3O6S. The van der Waals surface area contributed by atoms with E-state index in [9.17, 15) is 27.3 Å². The molecule has 9 nitrogen and oxygen atoms in total. The first-order chi connectivity index (χ1) is 15.7. The Kier molecular flexibility index (Phi) is 7.18. The van der Waals surface area contributed by atoms with E-state index >= 15 is 0 Å². The fraction of sp³-hybridized carbons (Fsp3) is 0.0952. The minimum absolute atomic E-state index is 0.165. The van der Waals surface area contributed by atoms with Crippen LogP contribution in [0.1, 0.15) is 11.1 Å². The van der Waals surface area contributed by atoms with Gasteiger partial charge in [0, 0.05) is 17.7 Å². The van der Waals surface area contributed by atoms with Gasteiger partial charge in [-0.05, 0) is 54.1 Å². The molecule has 1 N–H and O–H groups in total. The maximum atomic E-state index is 13.5. The van der Waals surface area contributed by atoms with Gasteiger partial charge in [0.05, 0.1) is 23.1 Å². The summed E-state index contributed by atoms with van der Waals surface area (Å²) in [6, 6.07) is 11.8. The number of nitrogens with one attached hydrogen (secondary N) is 1. The van der Waals surface area contributed by atoms with Crippen molar-refractivity contribution in [3.05, 3.63) is 93.5 Å². The Bertz CT molecular complexity index is 1300. The largest absolute Gasteiger partial charge is 0.496 e. The third kappa shape index (κ3) is 6.01. The number of benzene rings is 3. The molecule has 0 spiro atoms. The Labute approximate surface area is 187 Å². The van der Waals surface area contributed by atoms with Crippen molar-refractivity contribution in [3.63, 3.8) is 0 Å². The third-order valence-electron chi connectivity index (χ3n) is 4.32. The first-order valence-corrected chi connectivity index (χ1v) is 10.7. The quantitative estimate of drug-likeness (QED) is 0.285. The average molecular weight is 477 g/mol. The van der Waals surface area contributed by atoms with E-state index in [2.05, 4.69) is 5.10 Å². The van der Waals surface area contributed by atoms with E-state index in [1.165, 1.54) is 13.3 Å². The number of hydrogen-bond donors (Lipinski definition) is 1. The van der Waals surface area contributed by atoms with Crippen LogP contribution in [-0.2, 0) is 16.6 Å². The Morgan fingerprint density at radius 2 is 1.73 bits per heavy atom. The van der Waals surface area contributed by atoms with Crippen molar-refractivity contribution in [2.75, 3.05) is 7.11 Å². The van der Waals surface area contributed by atoms with Gasteiger partial charge in [0.25, 0.3) is 10.0 Å². The second-order valence-electron chi connectivity index (χ2n) is 6.54. The van der Waals surface area contributed by atoms with Gasteiger partial charge in [0.1, 0.15) is 24.0 Å². The smallest absolute Gasteiger partial charge is 0.311 e. The molecule has 3 rings (SSSR count). The minimum Gasteiger partial charge on any atom is -0.496 e. The lowest BCUT2D eigenvalue weighted by Crippen LogP contribution is -2.18. The van der Waals surface area contributed by atoms with Crippen LogP contribution >= 0.6 is 0 Å². The maximum Gasteiger partial charge on any atom is 0.311 e. The van der Waals surface area contributed by atoms with Gasteiger partial charge in [-0.3, -0.25) is 10.1 Å². The topological polar surface area (TPSA) is 120 Å². The molecule has 0 aliphatic heterocycles. The van der Waals surface area contributed by atoms with Crippen LogP contribution in [0, 0.1) is 21.7 Å². The fourth-order valence-electron chi connectivity index (χ4n) is 2.74. The SMILES string of the molecule is COc1ccc(/C=N\NS(=O)(=O)c2ccc(F)cc2)cc1COc1cc(F)ccc1[N+](=O)[O-]. The van der Waals surface area contributed by atoms with Gasteiger partial charge in [0.15, 0.2) is 5.75 Å². The molecule has 33 heavy (non-hydrogen) atoms. The average Bonchev–Trinajstić information content (AvgIpc) is 2.78. The summed E-state index contributed by atoms with van der Waals surface area (Å²) in [5.41, 5.74) is 0.495. The van der Waals surface area contributed by atoms with Gasteiger partial charge in [-0.25, -0.2) is 13.6 Å². The molecule has 0 aliphatic carbocycles. The fourth-order valence-corrected chi connectivity index (χ4v) is 3.53. The normalized spacial score (nSPS) is 11.4. The van der Waals surface area contributed by atoms with Crippen molar-refractivity contribution >= 4 is 21.9 Å². The standard InChI is InChI=1S/C21H17F2N3O6S/c1-31-20-9-2-14(12-24-25-33(29,30)18-6-3-16(22)4-7-18)10-15(20)13-32-21-11-17(23)5-8-19(21)26(27)28/h2-12,25H,13H2,1H3/b24-12-. The molecule has 0 atom stereocenters. The van der Waals surface area contributed by atoms with Crippen LogP contribution in [0.15, 0.2) is 70.7 Å². The Morgan fingerprint density at radius 3 is 2.39 bits per heavy atom. The predicted molar refractivity (Wildman–Crippen MR) is 115 cm³/mol. The molecule has 0 bridgehead atoms. The number of methoxy groups -OCH3 is 1. The van der Waals surface area contributed by atoms with Gasteiger partial charge in [0.2, 0.25) is 0 Å². The second kappa shape index (κ2) is 10.0. The summed E-state index contributed by atoms with van der Waals surface area (Å²) in [7, 11) is -2.59. The molecule has 0 aromatic heterocycles. The van der Waals surface area contributed by atoms with Crippen molar-refractivity contribution in [2.24, 2.45) is 5.10 Å². The molecule has 0 aliphatic rings. The van der Waals surface area contributed by atoms with Crippen molar-refractivity contribution in [2.45, 2.75) is 11.5 Å². The number of ether oxygens (including phenoxy) is 2. The Hall–Kier alpha value is -4.06. The molecule has 0 heterocycles. The van der Waals surface area contributed by atoms with Gasteiger partial charge in [-0.1, -0.05) is 0 Å². The summed E-state index contributed by atoms with van der Waals surface area (Å²) in [6.45, 7) is -0.198. The number of nitro groups is 1. The number of nitro benzene ring substituents is 1. The van der Waals surface area contributed by atoms with Gasteiger partial charge < -0.3 is 9.47 Å². The molecule has 3 aromatic carbocycles. The summed E-state index contributed by atoms with van der Waals surface area (Å²) in [4.78, 5) is 12.3. The zero-order valence-corrected chi connectivity index (χ0v) is 17.9. The van der Waals surface area contributed by atoms with Crippen LogP contribution in [-0.4, -0.2) is 26.7 Å². The molecule has 0 amide bonds. The van der Waals surface area contributed by atoms with E-state index in [0.717, 1.165) is 42.5 Å². The number of hydrazone groups is 1. The van der Waals surface area contributed by atoms with E-state index in [0.29, 0.717) is 16.9 Å². The lowest BCUT2D eigenvalue weighted by molar-refractivity contribution is -0.386. The summed E-state index contributed by atoms with van der Waals surface area (Å²) < 4.78 is 61.6. The van der Waals surface area contributed by atoms with Crippen LogP contribution in [0.2, 0.25) is 0 Å². The molecule has 12 heteroatoms. The molecule has 3 aromatic rings. The Balaban J connectivity index is 1.76. The third-order valence-corrected chi connectivity index (χ3v) is 5.56. The highest BCUT2D eigenvalue weighted by Gasteiger charge is 2.17. The van der Waals surface area contributed by atoms with Gasteiger partial charge in [-0.15, -0.1) is 0 Å².